The van der Waals surface area contributed by atoms with E-state index in [0.717, 1.165) is 37.4 Å². The molecule has 5 nitrogen and oxygen atoms in total. The second-order valence-corrected chi connectivity index (χ2v) is 9.87. The van der Waals surface area contributed by atoms with Crippen molar-refractivity contribution in [3.63, 3.8) is 0 Å². The highest BCUT2D eigenvalue weighted by Crippen LogP contribution is 2.68. The van der Waals surface area contributed by atoms with Crippen LogP contribution < -0.4 is 4.74 Å². The highest BCUT2D eigenvalue weighted by Gasteiger charge is 2.76. The van der Waals surface area contributed by atoms with Crippen LogP contribution in [0.25, 0.3) is 0 Å². The van der Waals surface area contributed by atoms with E-state index in [0.29, 0.717) is 18.6 Å². The van der Waals surface area contributed by atoms with Crippen LogP contribution in [0.3, 0.4) is 0 Å². The molecule has 1 aromatic carbocycles. The Morgan fingerprint density at radius 2 is 2.04 bits per heavy atom. The van der Waals surface area contributed by atoms with Crippen molar-refractivity contribution in [3.8, 4) is 11.5 Å². The summed E-state index contributed by atoms with van der Waals surface area (Å²) in [5.41, 5.74) is 0.225. The van der Waals surface area contributed by atoms with Gasteiger partial charge in [0.15, 0.2) is 11.5 Å². The summed E-state index contributed by atoms with van der Waals surface area (Å²) in [4.78, 5) is 2.55. The maximum atomic E-state index is 12.3. The minimum absolute atomic E-state index is 0.132. The summed E-state index contributed by atoms with van der Waals surface area (Å²) in [6.45, 7) is 4.20. The summed E-state index contributed by atoms with van der Waals surface area (Å²) >= 11 is 0. The second-order valence-electron chi connectivity index (χ2n) is 9.87. The summed E-state index contributed by atoms with van der Waals surface area (Å²) in [6, 6.07) is 3.72. The zero-order chi connectivity index (χ0) is 18.6. The van der Waals surface area contributed by atoms with Gasteiger partial charge < -0.3 is 20.1 Å². The first kappa shape index (κ1) is 16.6. The van der Waals surface area contributed by atoms with Gasteiger partial charge in [-0.1, -0.05) is 12.5 Å². The first-order chi connectivity index (χ1) is 12.9. The Hall–Kier alpha value is -1.30. The van der Waals surface area contributed by atoms with E-state index in [1.54, 1.807) is 6.07 Å². The Morgan fingerprint density at radius 3 is 2.78 bits per heavy atom. The number of aromatic hydroxyl groups is 1. The number of phenols is 1. The number of aliphatic hydroxyl groups excluding tert-OH is 1. The molecule has 2 bridgehead atoms. The van der Waals surface area contributed by atoms with Gasteiger partial charge in [0, 0.05) is 12.1 Å². The molecule has 2 heterocycles. The van der Waals surface area contributed by atoms with Gasteiger partial charge >= 0.3 is 0 Å². The molecule has 0 aromatic heterocycles. The normalized spacial score (nSPS) is 45.1. The van der Waals surface area contributed by atoms with Crippen molar-refractivity contribution in [2.24, 2.45) is 5.92 Å². The summed E-state index contributed by atoms with van der Waals surface area (Å²) < 4.78 is 6.20. The Labute approximate surface area is 159 Å². The van der Waals surface area contributed by atoms with Gasteiger partial charge in [-0.2, -0.15) is 0 Å². The van der Waals surface area contributed by atoms with E-state index in [2.05, 4.69) is 11.8 Å². The lowest BCUT2D eigenvalue weighted by molar-refractivity contribution is -0.243. The van der Waals surface area contributed by atoms with Crippen LogP contribution in [0.2, 0.25) is 0 Å². The number of aliphatic hydroxyl groups is 2. The van der Waals surface area contributed by atoms with Crippen molar-refractivity contribution in [2.45, 2.75) is 80.6 Å². The lowest BCUT2D eigenvalue weighted by atomic mass is 9.44. The quantitative estimate of drug-likeness (QED) is 0.743. The zero-order valence-corrected chi connectivity index (χ0v) is 15.9. The minimum atomic E-state index is -0.946. The van der Waals surface area contributed by atoms with E-state index in [1.165, 1.54) is 24.8 Å². The molecule has 5 atom stereocenters. The molecule has 3 N–H and O–H groups in total. The summed E-state index contributed by atoms with van der Waals surface area (Å²) in [7, 11) is 0. The third-order valence-electron chi connectivity index (χ3n) is 8.89. The molecule has 3 aliphatic carbocycles. The molecule has 27 heavy (non-hydrogen) atoms. The fourth-order valence-electron chi connectivity index (χ4n) is 7.27. The third kappa shape index (κ3) is 1.69. The second kappa shape index (κ2) is 5.00. The molecule has 6 rings (SSSR count). The van der Waals surface area contributed by atoms with Crippen LogP contribution >= 0.6 is 0 Å². The number of hydrogen-bond acceptors (Lipinski definition) is 5. The molecule has 146 valence electrons. The van der Waals surface area contributed by atoms with Crippen molar-refractivity contribution < 1.29 is 20.1 Å². The number of likely N-dealkylation sites (tertiary alicyclic amines) is 1. The number of piperidine rings is 1. The molecule has 5 aliphatic rings. The Kier molecular flexibility index (Phi) is 3.08. The van der Waals surface area contributed by atoms with Crippen LogP contribution in [0.4, 0.5) is 0 Å². The largest absolute Gasteiger partial charge is 0.504 e. The molecule has 3 fully saturated rings. The topological polar surface area (TPSA) is 73.2 Å². The molecule has 2 aliphatic heterocycles. The molecule has 0 unspecified atom stereocenters. The molecule has 1 aromatic rings. The van der Waals surface area contributed by atoms with Crippen molar-refractivity contribution in [3.05, 3.63) is 23.3 Å². The average Bonchev–Trinajstić information content (AvgIpc) is 2.95. The number of hydrogen-bond donors (Lipinski definition) is 3. The van der Waals surface area contributed by atoms with Gasteiger partial charge in [-0.15, -0.1) is 0 Å². The Morgan fingerprint density at radius 1 is 1.22 bits per heavy atom. The average molecular weight is 371 g/mol. The van der Waals surface area contributed by atoms with Crippen LogP contribution in [0.5, 0.6) is 11.5 Å². The van der Waals surface area contributed by atoms with Gasteiger partial charge in [0.1, 0.15) is 6.10 Å². The monoisotopic (exact) mass is 371 g/mol. The number of nitrogens with zero attached hydrogens (tertiary/aromatic N) is 1. The van der Waals surface area contributed by atoms with Crippen molar-refractivity contribution >= 4 is 0 Å². The summed E-state index contributed by atoms with van der Waals surface area (Å²) in [5, 5.41) is 33.6. The molecule has 2 saturated carbocycles. The van der Waals surface area contributed by atoms with E-state index in [4.69, 9.17) is 4.74 Å². The predicted octanol–water partition coefficient (Wildman–Crippen LogP) is 2.10. The van der Waals surface area contributed by atoms with Crippen LogP contribution in [-0.4, -0.2) is 56.7 Å². The van der Waals surface area contributed by atoms with Crippen LogP contribution in [0.15, 0.2) is 12.1 Å². The molecular formula is C22H29NO4. The SMILES string of the molecule is C[C@]12Cc3ccc(O)c4c3[C@@]3(CCN1CC1CCC1)[C@@H](O4)[C@@H](O)CC[C@]32O. The highest BCUT2D eigenvalue weighted by molar-refractivity contribution is 5.63. The summed E-state index contributed by atoms with van der Waals surface area (Å²) in [5.74, 6) is 1.39. The van der Waals surface area contributed by atoms with E-state index >= 15 is 0 Å². The maximum Gasteiger partial charge on any atom is 0.165 e. The lowest BCUT2D eigenvalue weighted by Crippen LogP contribution is -2.82. The first-order valence-electron chi connectivity index (χ1n) is 10.6. The molecule has 1 saturated heterocycles. The van der Waals surface area contributed by atoms with Crippen molar-refractivity contribution in [2.75, 3.05) is 13.1 Å². The number of benzene rings is 1. The summed E-state index contributed by atoms with van der Waals surface area (Å²) in [6.07, 6.45) is 5.53. The zero-order valence-electron chi connectivity index (χ0n) is 15.9. The standard InChI is InChI=1S/C22H29NO4/c1-20-11-14-5-6-15(24)18-17(14)21(9-10-23(20)12-13-3-2-4-13)19(27-18)16(25)7-8-22(20,21)26/h5-6,13,16,19,24-26H,2-4,7-12H2,1H3/t16-,19-,20+,21-,22+/m0/s1. The first-order valence-corrected chi connectivity index (χ1v) is 10.6. The van der Waals surface area contributed by atoms with Crippen molar-refractivity contribution in [1.29, 1.82) is 0 Å². The smallest absolute Gasteiger partial charge is 0.165 e. The maximum absolute atomic E-state index is 12.3. The number of ether oxygens (including phenoxy) is 1. The third-order valence-corrected chi connectivity index (χ3v) is 8.89. The Balaban J connectivity index is 1.57. The number of phenolic OH excluding ortho intramolecular Hbond substituents is 1. The fourth-order valence-corrected chi connectivity index (χ4v) is 7.27. The van der Waals surface area contributed by atoms with Crippen LogP contribution in [0, 0.1) is 5.92 Å². The fraction of sp³-hybridized carbons (Fsp3) is 0.727. The predicted molar refractivity (Wildman–Crippen MR) is 100 cm³/mol. The molecule has 1 spiro atoms. The van der Waals surface area contributed by atoms with Gasteiger partial charge in [-0.3, -0.25) is 4.90 Å². The molecule has 0 amide bonds. The molecule has 5 heteroatoms. The van der Waals surface area contributed by atoms with Gasteiger partial charge in [0.05, 0.1) is 22.7 Å². The molecule has 0 radical (unpaired) electrons. The Bertz CT molecular complexity index is 823. The lowest BCUT2D eigenvalue weighted by Gasteiger charge is -2.69. The van der Waals surface area contributed by atoms with E-state index in [-0.39, 0.29) is 11.3 Å². The minimum Gasteiger partial charge on any atom is -0.504 e. The highest BCUT2D eigenvalue weighted by atomic mass is 16.5. The van der Waals surface area contributed by atoms with Gasteiger partial charge in [-0.05, 0) is 69.5 Å². The van der Waals surface area contributed by atoms with Crippen LogP contribution in [0.1, 0.15) is 56.6 Å². The van der Waals surface area contributed by atoms with Gasteiger partial charge in [-0.25, -0.2) is 0 Å². The van der Waals surface area contributed by atoms with E-state index in [9.17, 15) is 15.3 Å². The molecular weight excluding hydrogens is 342 g/mol. The number of rotatable bonds is 2. The van der Waals surface area contributed by atoms with Crippen LogP contribution in [-0.2, 0) is 11.8 Å². The van der Waals surface area contributed by atoms with Gasteiger partial charge in [0.2, 0.25) is 0 Å². The van der Waals surface area contributed by atoms with Gasteiger partial charge in [0.25, 0.3) is 0 Å². The van der Waals surface area contributed by atoms with Crippen molar-refractivity contribution in [1.82, 2.24) is 4.90 Å². The van der Waals surface area contributed by atoms with E-state index < -0.39 is 23.2 Å². The van der Waals surface area contributed by atoms with E-state index in [1.807, 2.05) is 6.07 Å².